The Balaban J connectivity index is 1.98. The molecule has 0 bridgehead atoms. The van der Waals surface area contributed by atoms with Crippen molar-refractivity contribution in [3.8, 4) is 17.2 Å². The summed E-state index contributed by atoms with van der Waals surface area (Å²) in [5.74, 6) is -0.0176. The highest BCUT2D eigenvalue weighted by atomic mass is 35.5. The molecule has 1 aliphatic rings. The van der Waals surface area contributed by atoms with Gasteiger partial charge in [0.15, 0.2) is 11.5 Å². The second kappa shape index (κ2) is 6.52. The zero-order valence-corrected chi connectivity index (χ0v) is 14.2. The third kappa shape index (κ3) is 2.94. The molecule has 2 aromatic carbocycles. The van der Waals surface area contributed by atoms with Crippen LogP contribution in [-0.2, 0) is 4.79 Å². The van der Waals surface area contributed by atoms with Gasteiger partial charge in [-0.25, -0.2) is 9.69 Å². The highest BCUT2D eigenvalue weighted by Crippen LogP contribution is 2.37. The Kier molecular flexibility index (Phi) is 4.41. The van der Waals surface area contributed by atoms with Crippen LogP contribution in [0.4, 0.5) is 10.5 Å². The molecule has 130 valence electrons. The van der Waals surface area contributed by atoms with E-state index < -0.39 is 18.0 Å². The van der Waals surface area contributed by atoms with Gasteiger partial charge in [0.1, 0.15) is 11.8 Å². The van der Waals surface area contributed by atoms with E-state index >= 15 is 0 Å². The largest absolute Gasteiger partial charge is 0.504 e. The van der Waals surface area contributed by atoms with Crippen molar-refractivity contribution >= 4 is 29.2 Å². The lowest BCUT2D eigenvalue weighted by Crippen LogP contribution is -2.31. The number of ether oxygens (including phenoxy) is 2. The molecule has 25 heavy (non-hydrogen) atoms. The zero-order chi connectivity index (χ0) is 18.1. The Morgan fingerprint density at radius 1 is 1.08 bits per heavy atom. The van der Waals surface area contributed by atoms with E-state index in [1.165, 1.54) is 32.4 Å². The maximum absolute atomic E-state index is 12.8. The maximum atomic E-state index is 12.8. The lowest BCUT2D eigenvalue weighted by molar-refractivity contribution is -0.118. The third-order valence-electron chi connectivity index (χ3n) is 3.86. The molecule has 0 saturated carbocycles. The van der Waals surface area contributed by atoms with Gasteiger partial charge in [0.2, 0.25) is 0 Å². The van der Waals surface area contributed by atoms with E-state index in [1.807, 2.05) is 0 Å². The van der Waals surface area contributed by atoms with Crippen molar-refractivity contribution in [2.24, 2.45) is 0 Å². The van der Waals surface area contributed by atoms with E-state index in [4.69, 9.17) is 21.1 Å². The van der Waals surface area contributed by atoms with Crippen LogP contribution in [0.3, 0.4) is 0 Å². The lowest BCUT2D eigenvalue weighted by atomic mass is 10.1. The first kappa shape index (κ1) is 16.9. The molecule has 1 saturated heterocycles. The number of amides is 3. The molecule has 2 aromatic rings. The molecule has 1 aliphatic heterocycles. The normalized spacial score (nSPS) is 16.8. The van der Waals surface area contributed by atoms with Crippen molar-refractivity contribution in [2.75, 3.05) is 19.1 Å². The first-order valence-electron chi connectivity index (χ1n) is 7.31. The number of rotatable bonds is 4. The van der Waals surface area contributed by atoms with Gasteiger partial charge in [-0.2, -0.15) is 0 Å². The standard InChI is InChI=1S/C17H15ClN2O5/c1-24-13-6-4-10(18)8-11(13)20-16(22)15(19-17(20)23)9-3-5-14(25-2)12(21)7-9/h3-8,15,21H,1-2H3,(H,19,23). The Morgan fingerprint density at radius 2 is 1.76 bits per heavy atom. The topological polar surface area (TPSA) is 88.1 Å². The number of nitrogens with zero attached hydrogens (tertiary/aromatic N) is 1. The average Bonchev–Trinajstić information content (AvgIpc) is 2.89. The van der Waals surface area contributed by atoms with Crippen LogP contribution in [0.15, 0.2) is 36.4 Å². The number of aromatic hydroxyl groups is 1. The number of hydrogen-bond donors (Lipinski definition) is 2. The molecule has 1 atom stereocenters. The SMILES string of the molecule is COc1ccc(C2NC(=O)N(c3cc(Cl)ccc3OC)C2=O)cc1O. The molecule has 3 rings (SSSR count). The summed E-state index contributed by atoms with van der Waals surface area (Å²) in [4.78, 5) is 26.1. The molecule has 2 N–H and O–H groups in total. The summed E-state index contributed by atoms with van der Waals surface area (Å²) in [7, 11) is 2.86. The van der Waals surface area contributed by atoms with Gasteiger partial charge < -0.3 is 19.9 Å². The molecule has 8 heteroatoms. The number of benzene rings is 2. The summed E-state index contributed by atoms with van der Waals surface area (Å²) in [6, 6.07) is 7.60. The lowest BCUT2D eigenvalue weighted by Gasteiger charge is -2.17. The van der Waals surface area contributed by atoms with Gasteiger partial charge in [-0.1, -0.05) is 17.7 Å². The van der Waals surface area contributed by atoms with Crippen LogP contribution >= 0.6 is 11.6 Å². The fraction of sp³-hybridized carbons (Fsp3) is 0.176. The summed E-state index contributed by atoms with van der Waals surface area (Å²) in [5, 5.41) is 12.9. The zero-order valence-electron chi connectivity index (χ0n) is 13.4. The number of hydrogen-bond acceptors (Lipinski definition) is 5. The number of imide groups is 1. The number of carbonyl (C=O) groups excluding carboxylic acids is 2. The summed E-state index contributed by atoms with van der Waals surface area (Å²) in [6.07, 6.45) is 0. The molecule has 0 spiro atoms. The van der Waals surface area contributed by atoms with E-state index in [1.54, 1.807) is 18.2 Å². The molecule has 0 aliphatic carbocycles. The van der Waals surface area contributed by atoms with E-state index in [9.17, 15) is 14.7 Å². The fourth-order valence-corrected chi connectivity index (χ4v) is 2.82. The maximum Gasteiger partial charge on any atom is 0.329 e. The number of phenolic OH excluding ortho intramolecular Hbond substituents is 1. The number of nitrogens with one attached hydrogen (secondary N) is 1. The van der Waals surface area contributed by atoms with Crippen LogP contribution in [-0.4, -0.2) is 31.3 Å². The number of urea groups is 1. The second-order valence-corrected chi connectivity index (χ2v) is 5.74. The van der Waals surface area contributed by atoms with E-state index in [2.05, 4.69) is 5.32 Å². The number of phenols is 1. The van der Waals surface area contributed by atoms with Crippen LogP contribution in [0.25, 0.3) is 0 Å². The van der Waals surface area contributed by atoms with Crippen LogP contribution < -0.4 is 19.7 Å². The first-order valence-corrected chi connectivity index (χ1v) is 7.69. The fourth-order valence-electron chi connectivity index (χ4n) is 2.66. The summed E-state index contributed by atoms with van der Waals surface area (Å²) in [5.41, 5.74) is 0.679. The van der Waals surface area contributed by atoms with Crippen molar-refractivity contribution in [3.63, 3.8) is 0 Å². The molecule has 0 radical (unpaired) electrons. The minimum atomic E-state index is -0.937. The van der Waals surface area contributed by atoms with Gasteiger partial charge >= 0.3 is 6.03 Å². The number of methoxy groups -OCH3 is 2. The minimum Gasteiger partial charge on any atom is -0.504 e. The van der Waals surface area contributed by atoms with Crippen LogP contribution in [0.5, 0.6) is 17.2 Å². The molecule has 1 unspecified atom stereocenters. The predicted molar refractivity (Wildman–Crippen MR) is 91.4 cm³/mol. The van der Waals surface area contributed by atoms with Crippen LogP contribution in [0.2, 0.25) is 5.02 Å². The first-order chi connectivity index (χ1) is 12.0. The average molecular weight is 363 g/mol. The molecule has 0 aromatic heterocycles. The van der Waals surface area contributed by atoms with Gasteiger partial charge in [-0.15, -0.1) is 0 Å². The van der Waals surface area contributed by atoms with E-state index in [0.717, 1.165) is 4.90 Å². The van der Waals surface area contributed by atoms with Crippen LogP contribution in [0.1, 0.15) is 11.6 Å². The van der Waals surface area contributed by atoms with Crippen molar-refractivity contribution in [2.45, 2.75) is 6.04 Å². The van der Waals surface area contributed by atoms with Crippen molar-refractivity contribution in [3.05, 3.63) is 47.0 Å². The molecular formula is C17H15ClN2O5. The highest BCUT2D eigenvalue weighted by Gasteiger charge is 2.41. The summed E-state index contributed by atoms with van der Waals surface area (Å²) < 4.78 is 10.2. The van der Waals surface area contributed by atoms with E-state index in [-0.39, 0.29) is 17.2 Å². The minimum absolute atomic E-state index is 0.124. The Labute approximate surface area is 148 Å². The monoisotopic (exact) mass is 362 g/mol. The predicted octanol–water partition coefficient (Wildman–Crippen LogP) is 2.86. The van der Waals surface area contributed by atoms with Crippen molar-refractivity contribution in [1.82, 2.24) is 5.32 Å². The number of anilines is 1. The summed E-state index contributed by atoms with van der Waals surface area (Å²) in [6.45, 7) is 0. The van der Waals surface area contributed by atoms with Crippen molar-refractivity contribution in [1.29, 1.82) is 0 Å². The Morgan fingerprint density at radius 3 is 2.40 bits per heavy atom. The molecule has 3 amide bonds. The van der Waals surface area contributed by atoms with Crippen molar-refractivity contribution < 1.29 is 24.2 Å². The molecule has 1 fully saturated rings. The molecular weight excluding hydrogens is 348 g/mol. The highest BCUT2D eigenvalue weighted by molar-refractivity contribution is 6.31. The summed E-state index contributed by atoms with van der Waals surface area (Å²) >= 11 is 5.98. The Hall–Kier alpha value is -2.93. The van der Waals surface area contributed by atoms with Gasteiger partial charge in [0.05, 0.1) is 19.9 Å². The smallest absolute Gasteiger partial charge is 0.329 e. The molecule has 7 nitrogen and oxygen atoms in total. The van der Waals surface area contributed by atoms with Gasteiger partial charge in [0, 0.05) is 5.02 Å². The van der Waals surface area contributed by atoms with Gasteiger partial charge in [-0.05, 0) is 35.9 Å². The third-order valence-corrected chi connectivity index (χ3v) is 4.09. The number of carbonyl (C=O) groups is 2. The number of halogens is 1. The molecule has 1 heterocycles. The van der Waals surface area contributed by atoms with Crippen LogP contribution in [0, 0.1) is 0 Å². The van der Waals surface area contributed by atoms with E-state index in [0.29, 0.717) is 16.3 Å². The quantitative estimate of drug-likeness (QED) is 0.816. The second-order valence-electron chi connectivity index (χ2n) is 5.30. The van der Waals surface area contributed by atoms with Gasteiger partial charge in [-0.3, -0.25) is 4.79 Å². The Bertz CT molecular complexity index is 855. The van der Waals surface area contributed by atoms with Gasteiger partial charge in [0.25, 0.3) is 5.91 Å².